The highest BCUT2D eigenvalue weighted by atomic mass is 32.2. The van der Waals surface area contributed by atoms with Gasteiger partial charge in [-0.15, -0.1) is 10.2 Å². The minimum atomic E-state index is -3.98. The number of halogens is 1. The molecule has 0 fully saturated rings. The lowest BCUT2D eigenvalue weighted by Gasteiger charge is -2.07. The van der Waals surface area contributed by atoms with Crippen molar-refractivity contribution in [3.63, 3.8) is 0 Å². The van der Waals surface area contributed by atoms with Crippen LogP contribution in [0, 0.1) is 5.82 Å². The lowest BCUT2D eigenvalue weighted by atomic mass is 10.2. The van der Waals surface area contributed by atoms with Gasteiger partial charge in [0.25, 0.3) is 10.0 Å². The Balaban J connectivity index is 2.30. The van der Waals surface area contributed by atoms with Crippen molar-refractivity contribution in [2.24, 2.45) is 0 Å². The quantitative estimate of drug-likeness (QED) is 0.867. The van der Waals surface area contributed by atoms with Gasteiger partial charge < -0.3 is 5.32 Å². The van der Waals surface area contributed by atoms with E-state index in [0.29, 0.717) is 12.1 Å². The molecule has 1 heterocycles. The maximum Gasteiger partial charge on any atom is 0.266 e. The molecule has 2 aromatic rings. The van der Waals surface area contributed by atoms with Crippen LogP contribution in [0.3, 0.4) is 0 Å². The number of rotatable bonds is 5. The van der Waals surface area contributed by atoms with Gasteiger partial charge in [0.2, 0.25) is 5.13 Å². The highest BCUT2D eigenvalue weighted by Gasteiger charge is 2.20. The summed E-state index contributed by atoms with van der Waals surface area (Å²) in [4.78, 5) is -0.414. The number of sulfonamides is 1. The molecule has 0 aliphatic rings. The van der Waals surface area contributed by atoms with E-state index in [-0.39, 0.29) is 5.13 Å². The molecule has 19 heavy (non-hydrogen) atoms. The summed E-state index contributed by atoms with van der Waals surface area (Å²) in [7, 11) is -2.26. The second kappa shape index (κ2) is 5.59. The number of hydrogen-bond acceptors (Lipinski definition) is 6. The van der Waals surface area contributed by atoms with Gasteiger partial charge in [0.1, 0.15) is 16.2 Å². The zero-order valence-electron chi connectivity index (χ0n) is 9.92. The van der Waals surface area contributed by atoms with Crippen molar-refractivity contribution in [1.82, 2.24) is 15.5 Å². The average Bonchev–Trinajstić information content (AvgIpc) is 2.81. The molecule has 0 unspecified atom stereocenters. The monoisotopic (exact) mass is 302 g/mol. The van der Waals surface area contributed by atoms with Gasteiger partial charge in [0.05, 0.1) is 0 Å². The van der Waals surface area contributed by atoms with Gasteiger partial charge in [0.15, 0.2) is 0 Å². The van der Waals surface area contributed by atoms with E-state index in [4.69, 9.17) is 0 Å². The van der Waals surface area contributed by atoms with E-state index in [1.807, 2.05) is 0 Å². The largest absolute Gasteiger partial charge is 0.316 e. The first kappa shape index (κ1) is 13.8. The molecule has 0 amide bonds. The first-order valence-corrected chi connectivity index (χ1v) is 7.61. The fourth-order valence-corrected chi connectivity index (χ4v) is 3.22. The highest BCUT2D eigenvalue weighted by Crippen LogP contribution is 2.20. The summed E-state index contributed by atoms with van der Waals surface area (Å²) < 4.78 is 39.9. The van der Waals surface area contributed by atoms with Crippen molar-refractivity contribution >= 4 is 26.5 Å². The zero-order chi connectivity index (χ0) is 13.9. The lowest BCUT2D eigenvalue weighted by Crippen LogP contribution is -2.15. The zero-order valence-corrected chi connectivity index (χ0v) is 11.6. The van der Waals surface area contributed by atoms with Crippen LogP contribution in [0.2, 0.25) is 0 Å². The Morgan fingerprint density at radius 3 is 2.79 bits per heavy atom. The van der Waals surface area contributed by atoms with Crippen LogP contribution in [0.1, 0.15) is 5.56 Å². The third kappa shape index (κ3) is 3.25. The molecule has 2 N–H and O–H groups in total. The molecule has 0 radical (unpaired) electrons. The normalized spacial score (nSPS) is 11.5. The van der Waals surface area contributed by atoms with Crippen LogP contribution in [0.15, 0.2) is 28.6 Å². The fraction of sp³-hybridized carbons (Fsp3) is 0.200. The van der Waals surface area contributed by atoms with E-state index >= 15 is 0 Å². The molecule has 0 atom stereocenters. The molecular formula is C10H11FN4O2S2. The van der Waals surface area contributed by atoms with Crippen molar-refractivity contribution < 1.29 is 12.8 Å². The number of benzene rings is 1. The van der Waals surface area contributed by atoms with Crippen LogP contribution in [0.25, 0.3) is 0 Å². The van der Waals surface area contributed by atoms with Crippen LogP contribution in [0.5, 0.6) is 0 Å². The summed E-state index contributed by atoms with van der Waals surface area (Å²) in [6.07, 6.45) is 0. The Bertz CT molecular complexity index is 658. The third-order valence-electron chi connectivity index (χ3n) is 2.25. The molecule has 0 saturated carbocycles. The molecule has 0 spiro atoms. The van der Waals surface area contributed by atoms with E-state index in [1.54, 1.807) is 13.1 Å². The van der Waals surface area contributed by atoms with Crippen molar-refractivity contribution in [3.05, 3.63) is 35.1 Å². The van der Waals surface area contributed by atoms with Gasteiger partial charge in [-0.1, -0.05) is 17.4 Å². The van der Waals surface area contributed by atoms with Crippen LogP contribution in [-0.2, 0) is 16.6 Å². The summed E-state index contributed by atoms with van der Waals surface area (Å²) in [5, 5.41) is 10.0. The van der Waals surface area contributed by atoms with Crippen LogP contribution < -0.4 is 10.0 Å². The van der Waals surface area contributed by atoms with Gasteiger partial charge in [-0.05, 0) is 24.7 Å². The molecule has 0 saturated heterocycles. The average molecular weight is 302 g/mol. The lowest BCUT2D eigenvalue weighted by molar-refractivity contribution is 0.568. The molecule has 1 aromatic heterocycles. The molecule has 6 nitrogen and oxygen atoms in total. The number of hydrogen-bond donors (Lipinski definition) is 2. The summed E-state index contributed by atoms with van der Waals surface area (Å²) >= 11 is 1.02. The molecule has 0 aliphatic carbocycles. The maximum absolute atomic E-state index is 13.8. The predicted octanol–water partition coefficient (Wildman–Crippen LogP) is 1.20. The molecule has 0 bridgehead atoms. The minimum absolute atomic E-state index is 0.0960. The summed E-state index contributed by atoms with van der Waals surface area (Å²) in [5.41, 5.74) is 2.04. The highest BCUT2D eigenvalue weighted by molar-refractivity contribution is 7.93. The summed E-state index contributed by atoms with van der Waals surface area (Å²) in [6, 6.07) is 3.96. The molecule has 102 valence electrons. The van der Waals surface area contributed by atoms with Crippen molar-refractivity contribution in [2.75, 3.05) is 11.8 Å². The Morgan fingerprint density at radius 1 is 1.42 bits per heavy atom. The van der Waals surface area contributed by atoms with Gasteiger partial charge in [0, 0.05) is 6.54 Å². The van der Waals surface area contributed by atoms with Crippen molar-refractivity contribution in [2.45, 2.75) is 11.4 Å². The van der Waals surface area contributed by atoms with E-state index in [2.05, 4.69) is 20.2 Å². The number of aromatic nitrogens is 2. The topological polar surface area (TPSA) is 84.0 Å². The van der Waals surface area contributed by atoms with Gasteiger partial charge in [-0.2, -0.15) is 0 Å². The maximum atomic E-state index is 13.8. The van der Waals surface area contributed by atoms with Crippen molar-refractivity contribution in [3.8, 4) is 0 Å². The van der Waals surface area contributed by atoms with Gasteiger partial charge in [-0.25, -0.2) is 12.8 Å². The smallest absolute Gasteiger partial charge is 0.266 e. The standard InChI is InChI=1S/C10H11FN4O2S2/c1-12-5-7-2-3-9(8(11)4-7)19(16,17)15-10-14-13-6-18-10/h2-4,6,12H,5H2,1H3,(H,14,15). The number of anilines is 1. The number of nitrogens with one attached hydrogen (secondary N) is 2. The molecule has 0 aliphatic heterocycles. The van der Waals surface area contributed by atoms with Crippen LogP contribution in [0.4, 0.5) is 9.52 Å². The summed E-state index contributed by atoms with van der Waals surface area (Å²) in [6.45, 7) is 0.459. The Hall–Kier alpha value is -1.58. The number of nitrogens with zero attached hydrogens (tertiary/aromatic N) is 2. The van der Waals surface area contributed by atoms with Gasteiger partial charge in [-0.3, -0.25) is 4.72 Å². The van der Waals surface area contributed by atoms with Crippen LogP contribution in [-0.4, -0.2) is 25.7 Å². The Labute approximate surface area is 113 Å². The molecule has 9 heteroatoms. The fourth-order valence-electron chi connectivity index (χ4n) is 1.46. The third-order valence-corrected chi connectivity index (χ3v) is 4.36. The first-order chi connectivity index (χ1) is 9.03. The molecule has 1 aromatic carbocycles. The molecule has 2 rings (SSSR count). The first-order valence-electron chi connectivity index (χ1n) is 5.25. The van der Waals surface area contributed by atoms with E-state index in [9.17, 15) is 12.8 Å². The SMILES string of the molecule is CNCc1ccc(S(=O)(=O)Nc2nncs2)c(F)c1. The Kier molecular flexibility index (Phi) is 4.08. The minimum Gasteiger partial charge on any atom is -0.316 e. The van der Waals surface area contributed by atoms with Gasteiger partial charge >= 0.3 is 0 Å². The second-order valence-corrected chi connectivity index (χ2v) is 6.13. The van der Waals surface area contributed by atoms with Crippen LogP contribution >= 0.6 is 11.3 Å². The van der Waals surface area contributed by atoms with E-state index in [0.717, 1.165) is 11.3 Å². The molecular weight excluding hydrogens is 291 g/mol. The van der Waals surface area contributed by atoms with E-state index < -0.39 is 20.7 Å². The summed E-state index contributed by atoms with van der Waals surface area (Å²) in [5.74, 6) is -0.801. The predicted molar refractivity (Wildman–Crippen MR) is 69.9 cm³/mol. The Morgan fingerprint density at radius 2 is 2.21 bits per heavy atom. The second-order valence-electron chi connectivity index (χ2n) is 3.64. The van der Waals surface area contributed by atoms with Crippen molar-refractivity contribution in [1.29, 1.82) is 0 Å². The van der Waals surface area contributed by atoms with E-state index in [1.165, 1.54) is 17.6 Å².